The largest absolute Gasteiger partial charge is 0.480 e. The molecule has 0 amide bonds. The van der Waals surface area contributed by atoms with Crippen molar-refractivity contribution in [3.8, 4) is 0 Å². The number of halogens is 7. The second-order valence-corrected chi connectivity index (χ2v) is 31.5. The fraction of sp³-hybridized carbons (Fsp3) is 0.435. The maximum absolute atomic E-state index is 13.5. The van der Waals surface area contributed by atoms with Gasteiger partial charge in [-0.2, -0.15) is 53.0 Å². The van der Waals surface area contributed by atoms with Crippen LogP contribution >= 0.6 is 11.6 Å². The lowest BCUT2D eigenvalue weighted by Gasteiger charge is -2.16. The molecule has 0 bridgehead atoms. The Morgan fingerprint density at radius 2 is 0.677 bits per heavy atom. The van der Waals surface area contributed by atoms with E-state index in [9.17, 15) is 65.9 Å². The van der Waals surface area contributed by atoms with Crippen LogP contribution in [0.5, 0.6) is 0 Å². The number of nitrogens with one attached hydrogen (secondary N) is 8. The van der Waals surface area contributed by atoms with E-state index in [2.05, 4.69) is 111 Å². The highest BCUT2D eigenvalue weighted by atomic mass is 35.5. The van der Waals surface area contributed by atoms with Crippen molar-refractivity contribution in [3.05, 3.63) is 167 Å². The molecule has 656 valence electrons. The average Bonchev–Trinajstić information content (AvgIpc) is 1.64. The summed E-state index contributed by atoms with van der Waals surface area (Å²) in [6.45, 7) is 8.24. The van der Waals surface area contributed by atoms with Gasteiger partial charge in [0, 0.05) is 55.4 Å². The first kappa shape index (κ1) is 89.0. The number of rotatable bonds is 32. The number of anilines is 8. The number of hydrogen-bond acceptors (Lipinski definition) is 24. The summed E-state index contributed by atoms with van der Waals surface area (Å²) in [6.07, 6.45) is 21.7. The molecule has 4 fully saturated rings. The Balaban J connectivity index is 0.000000142. The number of aromatic nitrogens is 16. The van der Waals surface area contributed by atoms with E-state index in [0.717, 1.165) is 112 Å². The number of aliphatic carboxylic acids is 4. The van der Waals surface area contributed by atoms with Gasteiger partial charge in [0.05, 0.1) is 30.9 Å². The van der Waals surface area contributed by atoms with E-state index in [0.29, 0.717) is 135 Å². The molecule has 8 heterocycles. The number of carboxylic acids is 4. The van der Waals surface area contributed by atoms with Crippen LogP contribution in [0.15, 0.2) is 116 Å². The monoisotopic (exact) mass is 1730 g/mol. The molecule has 0 spiro atoms. The lowest BCUT2D eigenvalue weighted by atomic mass is 10.1. The summed E-state index contributed by atoms with van der Waals surface area (Å²) in [7, 11) is 0. The topological polar surface area (TPSA) is 420 Å². The molecule has 4 aliphatic rings. The number of carbonyl (C=O) groups is 4. The summed E-state index contributed by atoms with van der Waals surface area (Å²) in [4.78, 5) is 100. The molecule has 16 rings (SSSR count). The van der Waals surface area contributed by atoms with Crippen LogP contribution in [-0.4, -0.2) is 147 Å². The van der Waals surface area contributed by atoms with E-state index in [1.54, 1.807) is 51.9 Å². The van der Waals surface area contributed by atoms with Gasteiger partial charge in [-0.25, -0.2) is 52.3 Å². The van der Waals surface area contributed by atoms with E-state index in [1.807, 2.05) is 52.7 Å². The van der Waals surface area contributed by atoms with Crippen molar-refractivity contribution < 1.29 is 65.9 Å². The maximum atomic E-state index is 13.5. The Kier molecular flexibility index (Phi) is 29.4. The SMILES string of the molecule is CC[C@@H](Nc1nc(NCc2ccc(F)c(F)c2)c2ncn(C3CCCC3)c2n1)C(=O)O.CC[C@@H](Nc1nc(NCc2cccc(C(F)(F)F)c2)c2ncn(C3CCCC3)c2n1)C(=O)O.CC[C@@H](Nc1nc(NCc2cccc(Cl)c2)c2ncn(C3CCCC3)c2n1)C(=O)O.CC[C@@H](Nc1nc(NCc2cccc(F)c2)c2ncn(C3CCCC3)c2n1)C(=O)O. The lowest BCUT2D eigenvalue weighted by Crippen LogP contribution is -2.29. The molecule has 0 unspecified atom stereocenters. The molecule has 4 saturated carbocycles. The van der Waals surface area contributed by atoms with Crippen molar-refractivity contribution in [2.24, 2.45) is 0 Å². The van der Waals surface area contributed by atoms with Crippen molar-refractivity contribution in [3.63, 3.8) is 0 Å². The predicted molar refractivity (Wildman–Crippen MR) is 458 cm³/mol. The van der Waals surface area contributed by atoms with Gasteiger partial charge in [0.1, 0.15) is 30.0 Å². The molecular formula is C85H99ClF6N24O8. The fourth-order valence-electron chi connectivity index (χ4n) is 15.7. The summed E-state index contributed by atoms with van der Waals surface area (Å²) in [6, 6.07) is 20.6. The van der Waals surface area contributed by atoms with Crippen molar-refractivity contribution in [2.45, 2.75) is 237 Å². The van der Waals surface area contributed by atoms with Crippen LogP contribution in [0.2, 0.25) is 5.02 Å². The zero-order valence-corrected chi connectivity index (χ0v) is 69.5. The van der Waals surface area contributed by atoms with Crippen LogP contribution < -0.4 is 42.5 Å². The Hall–Kier alpha value is -12.8. The second kappa shape index (κ2) is 40.9. The van der Waals surface area contributed by atoms with E-state index in [-0.39, 0.29) is 54.8 Å². The third kappa shape index (κ3) is 22.2. The Bertz CT molecular complexity index is 5550. The van der Waals surface area contributed by atoms with Gasteiger partial charge < -0.3 is 81.2 Å². The van der Waals surface area contributed by atoms with Gasteiger partial charge >= 0.3 is 30.1 Å². The third-order valence-corrected chi connectivity index (χ3v) is 22.7. The molecule has 8 aromatic heterocycles. The fourth-order valence-corrected chi connectivity index (χ4v) is 16.0. The van der Waals surface area contributed by atoms with Gasteiger partial charge in [0.2, 0.25) is 23.8 Å². The van der Waals surface area contributed by atoms with E-state index < -0.39 is 71.4 Å². The number of nitrogens with zero attached hydrogens (tertiary/aromatic N) is 16. The van der Waals surface area contributed by atoms with E-state index in [1.165, 1.54) is 49.9 Å². The summed E-state index contributed by atoms with van der Waals surface area (Å²) < 4.78 is 87.6. The minimum absolute atomic E-state index is 0.0852. The number of fused-ring (bicyclic) bond motifs is 4. The van der Waals surface area contributed by atoms with Crippen LogP contribution in [0.3, 0.4) is 0 Å². The van der Waals surface area contributed by atoms with Crippen LogP contribution in [-0.2, 0) is 51.5 Å². The summed E-state index contributed by atoms with van der Waals surface area (Å²) in [5.41, 5.74) is 6.90. The first-order chi connectivity index (χ1) is 59.8. The van der Waals surface area contributed by atoms with E-state index in [4.69, 9.17) is 11.6 Å². The molecular weight excluding hydrogens is 1630 g/mol. The summed E-state index contributed by atoms with van der Waals surface area (Å²) >= 11 is 6.09. The lowest BCUT2D eigenvalue weighted by molar-refractivity contribution is -0.138. The molecule has 0 aliphatic heterocycles. The number of carboxylic acid groups (broad SMARTS) is 4. The third-order valence-electron chi connectivity index (χ3n) is 22.5. The normalized spacial score (nSPS) is 15.4. The van der Waals surface area contributed by atoms with Gasteiger partial charge in [0.15, 0.2) is 79.6 Å². The van der Waals surface area contributed by atoms with Crippen molar-refractivity contribution in [1.29, 1.82) is 0 Å². The molecule has 4 atom stereocenters. The molecule has 12 aromatic rings. The second-order valence-electron chi connectivity index (χ2n) is 31.0. The summed E-state index contributed by atoms with van der Waals surface area (Å²) in [5, 5.41) is 62.6. The van der Waals surface area contributed by atoms with Crippen molar-refractivity contribution >= 4 is 127 Å². The highest BCUT2D eigenvalue weighted by Gasteiger charge is 2.33. The minimum atomic E-state index is -4.43. The molecule has 124 heavy (non-hydrogen) atoms. The number of imidazole rings is 4. The predicted octanol–water partition coefficient (Wildman–Crippen LogP) is 17.4. The van der Waals surface area contributed by atoms with Gasteiger partial charge in [-0.05, 0) is 148 Å². The number of hydrogen-bond donors (Lipinski definition) is 12. The highest BCUT2D eigenvalue weighted by molar-refractivity contribution is 6.30. The molecule has 4 aliphatic carbocycles. The Labute approximate surface area is 713 Å². The van der Waals surface area contributed by atoms with Crippen LogP contribution in [0.4, 0.5) is 73.4 Å². The van der Waals surface area contributed by atoms with Crippen molar-refractivity contribution in [1.82, 2.24) is 78.1 Å². The molecule has 0 radical (unpaired) electrons. The van der Waals surface area contributed by atoms with Gasteiger partial charge in [-0.15, -0.1) is 0 Å². The van der Waals surface area contributed by atoms with Gasteiger partial charge in [-0.3, -0.25) is 0 Å². The zero-order valence-electron chi connectivity index (χ0n) is 68.8. The molecule has 39 heteroatoms. The summed E-state index contributed by atoms with van der Waals surface area (Å²) in [5.74, 6) is -3.44. The Morgan fingerprint density at radius 1 is 0.387 bits per heavy atom. The first-order valence-corrected chi connectivity index (χ1v) is 42.2. The average molecular weight is 1730 g/mol. The van der Waals surface area contributed by atoms with Gasteiger partial charge in [-0.1, -0.05) is 133 Å². The highest BCUT2D eigenvalue weighted by Crippen LogP contribution is 2.39. The van der Waals surface area contributed by atoms with E-state index >= 15 is 0 Å². The molecule has 32 nitrogen and oxygen atoms in total. The van der Waals surface area contributed by atoms with Gasteiger partial charge in [0.25, 0.3) is 0 Å². The van der Waals surface area contributed by atoms with Crippen LogP contribution in [0, 0.1) is 17.5 Å². The molecule has 12 N–H and O–H groups in total. The van der Waals surface area contributed by atoms with Crippen molar-refractivity contribution in [2.75, 3.05) is 42.5 Å². The minimum Gasteiger partial charge on any atom is -0.480 e. The smallest absolute Gasteiger partial charge is 0.416 e. The standard InChI is InChI=1S/C22H25F3N6O2.C21H25ClN6O2.C21H24F2N6O2.C21H25FN6O2/c1-2-16(20(32)33)28-21-29-18(26-11-13-6-5-7-14(10-13)22(23,24)25)17-19(30-21)31(12-27-17)15-8-3-4-9-15;1-2-16(20(29)30)25-21-26-18(23-11-13-6-5-7-14(22)10-13)17-19(27-21)28(12-24-17)15-8-3-4-9-15;1-2-16(20(30)31)26-21-27-18(24-10-12-7-8-14(22)15(23)9-12)17-19(28-21)29(11-25-17)13-5-3-4-6-13;1-2-16(20(29)30)25-21-26-18(23-11-13-6-5-7-14(22)10-13)17-19(27-21)28(12-24-17)15-8-3-4-9-15/h5-7,10,12,15-16H,2-4,8-9,11H2,1H3,(H,32,33)(H2,26,28,29,30);5-7,10,12,15-16H,2-4,8-9,11H2,1H3,(H,29,30)(H2,23,25,26,27);7-9,11,13,16H,2-6,10H2,1H3,(H,30,31)(H2,24,26,27,28);5-7,10,12,15-16H,2-4,8-9,11H2,1H3,(H,29,30)(H2,23,25,26,27)/t4*16-/m1111/s1. The van der Waals surface area contributed by atoms with Crippen LogP contribution in [0.1, 0.15) is 208 Å². The quantitative estimate of drug-likeness (QED) is 0.0174. The maximum Gasteiger partial charge on any atom is 0.416 e. The Morgan fingerprint density at radius 3 is 0.960 bits per heavy atom. The molecule has 0 saturated heterocycles. The molecule has 4 aromatic carbocycles. The number of benzene rings is 4. The van der Waals surface area contributed by atoms with Crippen LogP contribution in [0.25, 0.3) is 44.7 Å². The first-order valence-electron chi connectivity index (χ1n) is 41.8. The zero-order chi connectivity index (χ0) is 87.7. The number of alkyl halides is 3.